The summed E-state index contributed by atoms with van der Waals surface area (Å²) in [5.74, 6) is -0.459. The Morgan fingerprint density at radius 1 is 1.04 bits per heavy atom. The third kappa shape index (κ3) is 8.35. The van der Waals surface area contributed by atoms with Gasteiger partial charge in [-0.05, 0) is 74.2 Å². The summed E-state index contributed by atoms with van der Waals surface area (Å²) in [6.07, 6.45) is 5.16. The maximum absolute atomic E-state index is 14.3. The van der Waals surface area contributed by atoms with E-state index in [4.69, 9.17) is 16.3 Å². The van der Waals surface area contributed by atoms with Crippen LogP contribution in [0.5, 0.6) is 5.75 Å². The molecule has 0 heterocycles. The van der Waals surface area contributed by atoms with E-state index in [2.05, 4.69) is 5.32 Å². The number of carbonyl (C=O) groups excluding carboxylic acids is 2. The van der Waals surface area contributed by atoms with E-state index in [0.717, 1.165) is 42.5 Å². The molecule has 1 saturated carbocycles. The van der Waals surface area contributed by atoms with Crippen LogP contribution in [0.2, 0.25) is 5.02 Å². The molecule has 4 rings (SSSR count). The fourth-order valence-electron chi connectivity index (χ4n) is 5.60. The molecule has 46 heavy (non-hydrogen) atoms. The van der Waals surface area contributed by atoms with Gasteiger partial charge in [0.05, 0.1) is 22.6 Å². The van der Waals surface area contributed by atoms with Crippen LogP contribution in [0.3, 0.4) is 0 Å². The van der Waals surface area contributed by atoms with Crippen LogP contribution in [0.25, 0.3) is 0 Å². The number of methoxy groups -OCH3 is 1. The molecule has 3 aromatic rings. The lowest BCUT2D eigenvalue weighted by molar-refractivity contribution is -0.385. The van der Waals surface area contributed by atoms with E-state index < -0.39 is 33.4 Å². The number of nitro groups is 1. The molecule has 0 spiro atoms. The van der Waals surface area contributed by atoms with Gasteiger partial charge in [0.15, 0.2) is 0 Å². The first-order chi connectivity index (χ1) is 21.9. The summed E-state index contributed by atoms with van der Waals surface area (Å²) in [6, 6.07) is 15.7. The lowest BCUT2D eigenvalue weighted by Crippen LogP contribution is -2.54. The minimum Gasteiger partial charge on any atom is -0.497 e. The number of aryl methyl sites for hydroxylation is 1. The first-order valence-electron chi connectivity index (χ1n) is 15.2. The number of benzene rings is 3. The second-order valence-corrected chi connectivity index (χ2v) is 13.6. The van der Waals surface area contributed by atoms with E-state index >= 15 is 0 Å². The lowest BCUT2D eigenvalue weighted by atomic mass is 9.95. The first kappa shape index (κ1) is 34.7. The predicted octanol–water partition coefficient (Wildman–Crippen LogP) is 6.02. The number of hydrogen-bond acceptors (Lipinski definition) is 7. The second kappa shape index (κ2) is 15.4. The summed E-state index contributed by atoms with van der Waals surface area (Å²) >= 11 is 6.10. The fourth-order valence-corrected chi connectivity index (χ4v) is 7.16. The molecule has 0 radical (unpaired) electrons. The lowest BCUT2D eigenvalue weighted by Gasteiger charge is -2.34. The molecule has 3 aromatic carbocycles. The first-order valence-corrected chi connectivity index (χ1v) is 17.0. The molecule has 0 aromatic heterocycles. The quantitative estimate of drug-likeness (QED) is 0.173. The van der Waals surface area contributed by atoms with E-state index in [1.165, 1.54) is 43.2 Å². The van der Waals surface area contributed by atoms with Gasteiger partial charge < -0.3 is 15.0 Å². The zero-order valence-electron chi connectivity index (χ0n) is 26.1. The van der Waals surface area contributed by atoms with Crippen molar-refractivity contribution in [2.75, 3.05) is 18.0 Å². The van der Waals surface area contributed by atoms with Gasteiger partial charge in [0.2, 0.25) is 11.8 Å². The molecule has 246 valence electrons. The predicted molar refractivity (Wildman–Crippen MR) is 176 cm³/mol. The summed E-state index contributed by atoms with van der Waals surface area (Å²) in [5, 5.41) is 15.3. The summed E-state index contributed by atoms with van der Waals surface area (Å²) in [5.41, 5.74) is 0.773. The van der Waals surface area contributed by atoms with Crippen molar-refractivity contribution < 1.29 is 27.7 Å². The summed E-state index contributed by atoms with van der Waals surface area (Å²) in [6.45, 7) is 2.67. The van der Waals surface area contributed by atoms with Crippen LogP contribution in [0.1, 0.15) is 56.6 Å². The number of hydrogen-bond donors (Lipinski definition) is 1. The molecule has 1 aliphatic carbocycles. The van der Waals surface area contributed by atoms with Crippen LogP contribution >= 0.6 is 11.6 Å². The SMILES string of the molecule is CC[C@H](C(=O)NC1CCCCC1)N(Cc1ccc(Cl)cc1)C(=O)CN(c1ccc(OC)cc1)S(=O)(=O)c1ccc(C)c([N+](=O)[O-])c1. The Morgan fingerprint density at radius 3 is 2.28 bits per heavy atom. The van der Waals surface area contributed by atoms with Crippen molar-refractivity contribution >= 4 is 44.8 Å². The minimum absolute atomic E-state index is 0.0105. The number of carbonyl (C=O) groups is 2. The van der Waals surface area contributed by atoms with Gasteiger partial charge >= 0.3 is 0 Å². The molecule has 11 nitrogen and oxygen atoms in total. The molecule has 0 bridgehead atoms. The van der Waals surface area contributed by atoms with Crippen LogP contribution in [-0.2, 0) is 26.2 Å². The van der Waals surface area contributed by atoms with E-state index in [-0.39, 0.29) is 41.2 Å². The molecule has 0 saturated heterocycles. The number of sulfonamides is 1. The maximum Gasteiger partial charge on any atom is 0.273 e. The van der Waals surface area contributed by atoms with E-state index in [0.29, 0.717) is 21.9 Å². The molecule has 2 amide bonds. The highest BCUT2D eigenvalue weighted by molar-refractivity contribution is 7.92. The zero-order chi connectivity index (χ0) is 33.4. The highest BCUT2D eigenvalue weighted by Crippen LogP contribution is 2.30. The third-order valence-corrected chi connectivity index (χ3v) is 10.2. The minimum atomic E-state index is -4.51. The molecular formula is C33H39ClN4O7S. The van der Waals surface area contributed by atoms with Crippen LogP contribution in [-0.4, -0.2) is 55.8 Å². The third-order valence-electron chi connectivity index (χ3n) is 8.21. The zero-order valence-corrected chi connectivity index (χ0v) is 27.7. The molecule has 13 heteroatoms. The van der Waals surface area contributed by atoms with Crippen molar-refractivity contribution in [3.8, 4) is 5.75 Å². The van der Waals surface area contributed by atoms with Gasteiger partial charge in [-0.1, -0.05) is 56.0 Å². The van der Waals surface area contributed by atoms with Crippen molar-refractivity contribution in [1.82, 2.24) is 10.2 Å². The van der Waals surface area contributed by atoms with Gasteiger partial charge in [0, 0.05) is 29.2 Å². The number of anilines is 1. The number of nitrogens with zero attached hydrogens (tertiary/aromatic N) is 3. The van der Waals surface area contributed by atoms with E-state index in [1.807, 2.05) is 0 Å². The average Bonchev–Trinajstić information content (AvgIpc) is 3.04. The Bertz CT molecular complexity index is 1640. The van der Waals surface area contributed by atoms with Crippen LogP contribution in [0.4, 0.5) is 11.4 Å². The highest BCUT2D eigenvalue weighted by atomic mass is 35.5. The standard InChI is InChI=1S/C33H39ClN4O7S/c1-4-30(33(40)35-26-8-6-5-7-9-26)36(21-24-11-13-25(34)14-12-24)32(39)22-37(27-15-17-28(45-3)18-16-27)46(43,44)29-19-10-23(2)31(20-29)38(41)42/h10-20,26,30H,4-9,21-22H2,1-3H3,(H,35,40)/t30-/m1/s1. The molecule has 1 fully saturated rings. The van der Waals surface area contributed by atoms with Crippen molar-refractivity contribution in [3.63, 3.8) is 0 Å². The molecule has 1 aliphatic rings. The molecule has 0 unspecified atom stereocenters. The molecule has 0 aliphatic heterocycles. The van der Waals surface area contributed by atoms with Gasteiger partial charge in [-0.15, -0.1) is 0 Å². The Labute approximate surface area is 274 Å². The van der Waals surface area contributed by atoms with Crippen molar-refractivity contribution in [1.29, 1.82) is 0 Å². The van der Waals surface area contributed by atoms with Gasteiger partial charge in [0.25, 0.3) is 15.7 Å². The number of halogens is 1. The fraction of sp³-hybridized carbons (Fsp3) is 0.394. The van der Waals surface area contributed by atoms with Crippen LogP contribution in [0.15, 0.2) is 71.6 Å². The Balaban J connectivity index is 1.75. The van der Waals surface area contributed by atoms with Gasteiger partial charge in [0.1, 0.15) is 18.3 Å². The van der Waals surface area contributed by atoms with Crippen molar-refractivity contribution in [3.05, 3.63) is 93.0 Å². The maximum atomic E-state index is 14.3. The largest absolute Gasteiger partial charge is 0.497 e. The number of nitro benzene ring substituents is 1. The van der Waals surface area contributed by atoms with Crippen LogP contribution < -0.4 is 14.4 Å². The Morgan fingerprint density at radius 2 is 1.70 bits per heavy atom. The molecule has 1 N–H and O–H groups in total. The van der Waals surface area contributed by atoms with Gasteiger partial charge in [-0.25, -0.2) is 8.42 Å². The Kier molecular flexibility index (Phi) is 11.6. The monoisotopic (exact) mass is 670 g/mol. The number of amides is 2. The highest BCUT2D eigenvalue weighted by Gasteiger charge is 2.35. The average molecular weight is 671 g/mol. The summed E-state index contributed by atoms with van der Waals surface area (Å²) in [7, 11) is -3.04. The number of nitrogens with one attached hydrogen (secondary N) is 1. The second-order valence-electron chi connectivity index (χ2n) is 11.3. The van der Waals surface area contributed by atoms with Gasteiger partial charge in [-0.2, -0.15) is 0 Å². The topological polar surface area (TPSA) is 139 Å². The van der Waals surface area contributed by atoms with Crippen molar-refractivity contribution in [2.45, 2.75) is 75.9 Å². The summed E-state index contributed by atoms with van der Waals surface area (Å²) in [4.78, 5) is 40.0. The van der Waals surface area contributed by atoms with E-state index in [9.17, 15) is 28.1 Å². The normalized spacial score (nSPS) is 14.3. The smallest absolute Gasteiger partial charge is 0.273 e. The number of ether oxygens (including phenoxy) is 1. The summed E-state index contributed by atoms with van der Waals surface area (Å²) < 4.78 is 34.5. The molecular weight excluding hydrogens is 632 g/mol. The Hall–Kier alpha value is -4.16. The molecule has 1 atom stereocenters. The van der Waals surface area contributed by atoms with Crippen LogP contribution in [0, 0.1) is 17.0 Å². The van der Waals surface area contributed by atoms with Crippen molar-refractivity contribution in [2.24, 2.45) is 0 Å². The number of rotatable bonds is 13. The van der Waals surface area contributed by atoms with E-state index in [1.54, 1.807) is 43.3 Å². The van der Waals surface area contributed by atoms with Gasteiger partial charge in [-0.3, -0.25) is 24.0 Å².